The fourth-order valence-corrected chi connectivity index (χ4v) is 2.09. The van der Waals surface area contributed by atoms with Crippen molar-refractivity contribution in [2.75, 3.05) is 25.6 Å². The number of aromatic carboxylic acids is 1. The molecule has 26 heavy (non-hydrogen) atoms. The van der Waals surface area contributed by atoms with Crippen molar-refractivity contribution in [1.82, 2.24) is 24.9 Å². The van der Waals surface area contributed by atoms with Crippen molar-refractivity contribution < 1.29 is 24.2 Å². The van der Waals surface area contributed by atoms with Crippen LogP contribution in [0, 0.1) is 0 Å². The smallest absolute Gasteiger partial charge is 0.338 e. The summed E-state index contributed by atoms with van der Waals surface area (Å²) >= 11 is 0. The molecule has 0 aromatic carbocycles. The molecule has 2 aromatic heterocycles. The van der Waals surface area contributed by atoms with Crippen LogP contribution in [0.3, 0.4) is 0 Å². The first-order chi connectivity index (χ1) is 12.4. The normalized spacial score (nSPS) is 10.5. The second-order valence-electron chi connectivity index (χ2n) is 5.28. The van der Waals surface area contributed by atoms with Gasteiger partial charge in [-0.3, -0.25) is 19.0 Å². The highest BCUT2D eigenvalue weighted by Gasteiger charge is 2.18. The molecule has 0 aliphatic carbocycles. The molecule has 0 atom stereocenters. The van der Waals surface area contributed by atoms with Gasteiger partial charge in [-0.15, -0.1) is 0 Å². The summed E-state index contributed by atoms with van der Waals surface area (Å²) in [7, 11) is 1.52. The molecule has 0 aliphatic rings. The van der Waals surface area contributed by atoms with E-state index in [2.05, 4.69) is 20.8 Å². The number of carboxylic acid groups (broad SMARTS) is 1. The summed E-state index contributed by atoms with van der Waals surface area (Å²) in [5, 5.41) is 22.1. The highest BCUT2D eigenvalue weighted by molar-refractivity contribution is 6.02. The minimum absolute atomic E-state index is 0.0187. The topological polar surface area (TPSA) is 140 Å². The van der Waals surface area contributed by atoms with E-state index in [0.717, 1.165) is 6.20 Å². The van der Waals surface area contributed by atoms with Gasteiger partial charge < -0.3 is 20.5 Å². The van der Waals surface area contributed by atoms with Crippen molar-refractivity contribution in [2.24, 2.45) is 0 Å². The summed E-state index contributed by atoms with van der Waals surface area (Å²) in [6, 6.07) is 0. The molecule has 2 amide bonds. The predicted molar refractivity (Wildman–Crippen MR) is 89.9 cm³/mol. The number of anilines is 1. The van der Waals surface area contributed by atoms with Crippen LogP contribution in [-0.2, 0) is 22.6 Å². The number of carbonyl (C=O) groups is 3. The lowest BCUT2D eigenvalue weighted by Gasteiger charge is -2.06. The Bertz CT molecular complexity index is 796. The van der Waals surface area contributed by atoms with Crippen LogP contribution >= 0.6 is 0 Å². The van der Waals surface area contributed by atoms with E-state index in [-0.39, 0.29) is 23.5 Å². The molecule has 2 rings (SSSR count). The summed E-state index contributed by atoms with van der Waals surface area (Å²) in [6.07, 6.45) is 3.95. The number of ether oxygens (including phenoxy) is 1. The van der Waals surface area contributed by atoms with Crippen molar-refractivity contribution in [1.29, 1.82) is 0 Å². The van der Waals surface area contributed by atoms with Crippen molar-refractivity contribution >= 4 is 23.5 Å². The van der Waals surface area contributed by atoms with Gasteiger partial charge in [-0.2, -0.15) is 10.2 Å². The molecule has 0 aliphatic heterocycles. The molecule has 0 radical (unpaired) electrons. The first kappa shape index (κ1) is 19.1. The number of carboxylic acids is 1. The molecular formula is C15H20N6O5. The molecule has 0 spiro atoms. The third-order valence-corrected chi connectivity index (χ3v) is 3.35. The zero-order valence-electron chi connectivity index (χ0n) is 14.4. The first-order valence-electron chi connectivity index (χ1n) is 7.84. The highest BCUT2D eigenvalue weighted by atomic mass is 16.5. The van der Waals surface area contributed by atoms with Crippen LogP contribution in [0.1, 0.15) is 27.8 Å². The Kier molecular flexibility index (Phi) is 6.44. The lowest BCUT2D eigenvalue weighted by atomic mass is 10.3. The van der Waals surface area contributed by atoms with Crippen molar-refractivity contribution in [3.63, 3.8) is 0 Å². The number of rotatable bonds is 9. The van der Waals surface area contributed by atoms with Crippen LogP contribution in [-0.4, -0.2) is 62.7 Å². The molecule has 0 bridgehead atoms. The summed E-state index contributed by atoms with van der Waals surface area (Å²) in [5.74, 6) is -2.03. The fraction of sp³-hybridized carbons (Fsp3) is 0.400. The van der Waals surface area contributed by atoms with Gasteiger partial charge in [-0.1, -0.05) is 0 Å². The quantitative estimate of drug-likeness (QED) is 0.524. The molecule has 0 saturated heterocycles. The third kappa shape index (κ3) is 4.89. The maximum absolute atomic E-state index is 12.2. The lowest BCUT2D eigenvalue weighted by Crippen LogP contribution is -2.29. The van der Waals surface area contributed by atoms with Gasteiger partial charge >= 0.3 is 5.97 Å². The van der Waals surface area contributed by atoms with E-state index in [0.29, 0.717) is 19.7 Å². The van der Waals surface area contributed by atoms with Crippen molar-refractivity contribution in [2.45, 2.75) is 20.0 Å². The average Bonchev–Trinajstić information content (AvgIpc) is 3.22. The number of aromatic nitrogens is 4. The molecule has 140 valence electrons. The fourth-order valence-electron chi connectivity index (χ4n) is 2.09. The minimum atomic E-state index is -1.13. The van der Waals surface area contributed by atoms with Crippen LogP contribution in [0.2, 0.25) is 0 Å². The highest BCUT2D eigenvalue weighted by Crippen LogP contribution is 2.14. The minimum Gasteiger partial charge on any atom is -0.478 e. The zero-order chi connectivity index (χ0) is 19.1. The predicted octanol–water partition coefficient (Wildman–Crippen LogP) is -0.187. The van der Waals surface area contributed by atoms with Gasteiger partial charge in [0.15, 0.2) is 5.69 Å². The van der Waals surface area contributed by atoms with Crippen LogP contribution in [0.25, 0.3) is 0 Å². The standard InChI is InChI=1S/C15H20N6O5/c1-3-20-8-11(13(19-20)14(23)16-4-5-26-2)18-12(22)9-21-7-10(6-17-21)15(24)25/h6-8H,3-5,9H2,1-2H3,(H,16,23)(H,18,22)(H,24,25). The Balaban J connectivity index is 2.06. The first-order valence-corrected chi connectivity index (χ1v) is 7.84. The Morgan fingerprint density at radius 2 is 2.04 bits per heavy atom. The van der Waals surface area contributed by atoms with Gasteiger partial charge in [0.1, 0.15) is 6.54 Å². The van der Waals surface area contributed by atoms with Crippen LogP contribution < -0.4 is 10.6 Å². The largest absolute Gasteiger partial charge is 0.478 e. The van der Waals surface area contributed by atoms with E-state index in [4.69, 9.17) is 9.84 Å². The van der Waals surface area contributed by atoms with Gasteiger partial charge in [-0.05, 0) is 6.92 Å². The van der Waals surface area contributed by atoms with E-state index < -0.39 is 17.8 Å². The van der Waals surface area contributed by atoms with Gasteiger partial charge in [0.05, 0.1) is 24.1 Å². The number of nitrogens with one attached hydrogen (secondary N) is 2. The Hall–Kier alpha value is -3.21. The monoisotopic (exact) mass is 364 g/mol. The van der Waals surface area contributed by atoms with Gasteiger partial charge in [0.2, 0.25) is 5.91 Å². The summed E-state index contributed by atoms with van der Waals surface area (Å²) in [6.45, 7) is 2.84. The van der Waals surface area contributed by atoms with E-state index in [1.165, 1.54) is 22.7 Å². The second-order valence-corrected chi connectivity index (χ2v) is 5.28. The molecule has 2 aromatic rings. The SMILES string of the molecule is CCn1cc(NC(=O)Cn2cc(C(=O)O)cn2)c(C(=O)NCCOC)n1. The number of amides is 2. The Morgan fingerprint density at radius 1 is 1.27 bits per heavy atom. The van der Waals surface area contributed by atoms with E-state index >= 15 is 0 Å². The number of hydrogen-bond donors (Lipinski definition) is 3. The molecule has 11 nitrogen and oxygen atoms in total. The summed E-state index contributed by atoms with van der Waals surface area (Å²) in [4.78, 5) is 35.2. The number of nitrogens with zero attached hydrogens (tertiary/aromatic N) is 4. The van der Waals surface area contributed by atoms with E-state index in [1.807, 2.05) is 6.92 Å². The number of aryl methyl sites for hydroxylation is 1. The maximum Gasteiger partial charge on any atom is 0.338 e. The number of hydrogen-bond acceptors (Lipinski definition) is 6. The van der Waals surface area contributed by atoms with Crippen molar-refractivity contribution in [3.05, 3.63) is 29.8 Å². The van der Waals surface area contributed by atoms with Crippen LogP contribution in [0.15, 0.2) is 18.6 Å². The Labute approximate surface area is 148 Å². The second kappa shape index (κ2) is 8.76. The summed E-state index contributed by atoms with van der Waals surface area (Å²) < 4.78 is 7.59. The van der Waals surface area contributed by atoms with E-state index in [9.17, 15) is 14.4 Å². The lowest BCUT2D eigenvalue weighted by molar-refractivity contribution is -0.116. The van der Waals surface area contributed by atoms with Gasteiger partial charge in [0.25, 0.3) is 5.91 Å². The molecule has 0 unspecified atom stereocenters. The van der Waals surface area contributed by atoms with Crippen LogP contribution in [0.4, 0.5) is 5.69 Å². The number of methoxy groups -OCH3 is 1. The van der Waals surface area contributed by atoms with Crippen molar-refractivity contribution in [3.8, 4) is 0 Å². The summed E-state index contributed by atoms with van der Waals surface area (Å²) in [5.41, 5.74) is 0.329. The third-order valence-electron chi connectivity index (χ3n) is 3.35. The van der Waals surface area contributed by atoms with Gasteiger partial charge in [-0.25, -0.2) is 4.79 Å². The zero-order valence-corrected chi connectivity index (χ0v) is 14.4. The van der Waals surface area contributed by atoms with E-state index in [1.54, 1.807) is 6.20 Å². The molecule has 11 heteroatoms. The number of carbonyl (C=O) groups excluding carboxylic acids is 2. The molecular weight excluding hydrogens is 344 g/mol. The molecule has 0 saturated carbocycles. The Morgan fingerprint density at radius 3 is 2.65 bits per heavy atom. The maximum atomic E-state index is 12.2. The molecule has 3 N–H and O–H groups in total. The average molecular weight is 364 g/mol. The molecule has 2 heterocycles. The molecule has 0 fully saturated rings. The van der Waals surface area contributed by atoms with Crippen LogP contribution in [0.5, 0.6) is 0 Å². The van der Waals surface area contributed by atoms with Gasteiger partial charge in [0, 0.05) is 32.6 Å².